The van der Waals surface area contributed by atoms with E-state index in [1.807, 2.05) is 5.38 Å². The van der Waals surface area contributed by atoms with Crippen LogP contribution in [0.5, 0.6) is 0 Å². The highest BCUT2D eigenvalue weighted by atomic mass is 32.1. The van der Waals surface area contributed by atoms with Crippen molar-refractivity contribution in [1.29, 1.82) is 0 Å². The van der Waals surface area contributed by atoms with Crippen molar-refractivity contribution in [2.24, 2.45) is 0 Å². The second-order valence-electron chi connectivity index (χ2n) is 6.41. The predicted molar refractivity (Wildman–Crippen MR) is 112 cm³/mol. The first-order valence-electron chi connectivity index (χ1n) is 8.84. The Bertz CT molecular complexity index is 1050. The van der Waals surface area contributed by atoms with E-state index in [9.17, 15) is 19.7 Å². The first-order chi connectivity index (χ1) is 13.9. The lowest BCUT2D eigenvalue weighted by molar-refractivity contribution is -0.384. The van der Waals surface area contributed by atoms with Crippen LogP contribution >= 0.6 is 11.3 Å². The Labute approximate surface area is 171 Å². The number of nitrogens with zero attached hydrogens (tertiary/aromatic N) is 2. The molecule has 1 unspecified atom stereocenters. The van der Waals surface area contributed by atoms with Gasteiger partial charge in [-0.25, -0.2) is 0 Å². The monoisotopic (exact) mass is 409 g/mol. The fourth-order valence-electron chi connectivity index (χ4n) is 2.90. The van der Waals surface area contributed by atoms with Gasteiger partial charge in [-0.15, -0.1) is 11.3 Å². The summed E-state index contributed by atoms with van der Waals surface area (Å²) in [6.07, 6.45) is 0. The van der Waals surface area contributed by atoms with Crippen LogP contribution in [0.1, 0.15) is 38.6 Å². The van der Waals surface area contributed by atoms with E-state index in [4.69, 9.17) is 0 Å². The number of para-hydroxylation sites is 1. The van der Waals surface area contributed by atoms with Crippen LogP contribution in [0.15, 0.2) is 66.0 Å². The number of carbonyl (C=O) groups is 2. The van der Waals surface area contributed by atoms with E-state index in [2.05, 4.69) is 5.32 Å². The topological polar surface area (TPSA) is 92.6 Å². The van der Waals surface area contributed by atoms with Gasteiger partial charge in [-0.05, 0) is 36.1 Å². The number of amides is 2. The van der Waals surface area contributed by atoms with Gasteiger partial charge in [0.15, 0.2) is 0 Å². The molecule has 3 aromatic rings. The number of hydrogen-bond donors (Lipinski definition) is 1. The van der Waals surface area contributed by atoms with Crippen molar-refractivity contribution in [3.63, 3.8) is 0 Å². The molecule has 0 radical (unpaired) electrons. The highest BCUT2D eigenvalue weighted by molar-refractivity contribution is 7.12. The first kappa shape index (κ1) is 20.2. The minimum absolute atomic E-state index is 0.0368. The molecule has 2 aromatic carbocycles. The fraction of sp³-hybridized carbons (Fsp3) is 0.143. The second kappa shape index (κ2) is 8.66. The molecule has 8 heteroatoms. The number of non-ortho nitro benzene ring substituents is 1. The Morgan fingerprint density at radius 2 is 1.86 bits per heavy atom. The normalized spacial score (nSPS) is 11.5. The minimum Gasteiger partial charge on any atom is -0.345 e. The van der Waals surface area contributed by atoms with Crippen LogP contribution in [-0.4, -0.2) is 23.8 Å². The molecule has 3 rings (SSSR count). The second-order valence-corrected chi connectivity index (χ2v) is 7.35. The molecule has 7 nitrogen and oxygen atoms in total. The number of nitrogens with one attached hydrogen (secondary N) is 1. The van der Waals surface area contributed by atoms with Gasteiger partial charge in [-0.2, -0.15) is 0 Å². The zero-order valence-electron chi connectivity index (χ0n) is 15.9. The Morgan fingerprint density at radius 1 is 1.10 bits per heavy atom. The van der Waals surface area contributed by atoms with Crippen LogP contribution in [0.2, 0.25) is 0 Å². The molecule has 0 fully saturated rings. The standard InChI is InChI=1S/C21H19N3O4S/c1-14(15-7-5-8-16(13-15)24(27)28)22-20(25)17-9-3-4-10-18(17)23(2)21(26)19-11-6-12-29-19/h3-14H,1-2H3,(H,22,25). The average molecular weight is 409 g/mol. The average Bonchev–Trinajstić information content (AvgIpc) is 3.27. The molecule has 0 spiro atoms. The van der Waals surface area contributed by atoms with E-state index >= 15 is 0 Å². The van der Waals surface area contributed by atoms with Crippen molar-refractivity contribution in [3.8, 4) is 0 Å². The minimum atomic E-state index is -0.474. The third kappa shape index (κ3) is 4.49. The predicted octanol–water partition coefficient (Wildman–Crippen LogP) is 4.42. The summed E-state index contributed by atoms with van der Waals surface area (Å²) in [6.45, 7) is 1.75. The van der Waals surface area contributed by atoms with E-state index in [0.29, 0.717) is 21.7 Å². The van der Waals surface area contributed by atoms with Crippen molar-refractivity contribution < 1.29 is 14.5 Å². The number of rotatable bonds is 6. The van der Waals surface area contributed by atoms with Gasteiger partial charge in [-0.1, -0.05) is 30.3 Å². The lowest BCUT2D eigenvalue weighted by Crippen LogP contribution is -2.31. The molecule has 148 valence electrons. The number of anilines is 1. The summed E-state index contributed by atoms with van der Waals surface area (Å²) in [4.78, 5) is 38.1. The van der Waals surface area contributed by atoms with Crippen LogP contribution in [-0.2, 0) is 0 Å². The SMILES string of the molecule is CC(NC(=O)c1ccccc1N(C)C(=O)c1cccs1)c1cccc([N+](=O)[O-])c1. The van der Waals surface area contributed by atoms with Crippen LogP contribution in [0.4, 0.5) is 11.4 Å². The molecule has 0 saturated heterocycles. The first-order valence-corrected chi connectivity index (χ1v) is 9.72. The Morgan fingerprint density at radius 3 is 2.55 bits per heavy atom. The van der Waals surface area contributed by atoms with Crippen LogP contribution in [0.25, 0.3) is 0 Å². The molecule has 0 aliphatic rings. The number of hydrogen-bond acceptors (Lipinski definition) is 5. The smallest absolute Gasteiger partial charge is 0.269 e. The summed E-state index contributed by atoms with van der Waals surface area (Å²) in [7, 11) is 1.62. The molecule has 0 bridgehead atoms. The molecular formula is C21H19N3O4S. The number of thiophene rings is 1. The summed E-state index contributed by atoms with van der Waals surface area (Å²) in [5.74, 6) is -0.572. The lowest BCUT2D eigenvalue weighted by atomic mass is 10.1. The number of benzene rings is 2. The summed E-state index contributed by atoms with van der Waals surface area (Å²) in [5, 5.41) is 15.7. The van der Waals surface area contributed by atoms with E-state index in [0.717, 1.165) is 0 Å². The van der Waals surface area contributed by atoms with Gasteiger partial charge in [0.05, 0.1) is 27.1 Å². The van der Waals surface area contributed by atoms with Gasteiger partial charge in [0.25, 0.3) is 17.5 Å². The van der Waals surface area contributed by atoms with E-state index < -0.39 is 11.0 Å². The number of carbonyl (C=O) groups excluding carboxylic acids is 2. The van der Waals surface area contributed by atoms with E-state index in [1.165, 1.54) is 28.4 Å². The van der Waals surface area contributed by atoms with Crippen LogP contribution in [0.3, 0.4) is 0 Å². The maximum atomic E-state index is 12.9. The molecular weight excluding hydrogens is 390 g/mol. The van der Waals surface area contributed by atoms with Gasteiger partial charge in [0.1, 0.15) is 0 Å². The largest absolute Gasteiger partial charge is 0.345 e. The summed E-state index contributed by atoms with van der Waals surface area (Å²) in [5.41, 5.74) is 1.41. The summed E-state index contributed by atoms with van der Waals surface area (Å²) in [6, 6.07) is 16.0. The van der Waals surface area contributed by atoms with Crippen molar-refractivity contribution in [3.05, 3.63) is 92.2 Å². The van der Waals surface area contributed by atoms with Gasteiger partial charge in [-0.3, -0.25) is 19.7 Å². The third-order valence-corrected chi connectivity index (χ3v) is 5.33. The van der Waals surface area contributed by atoms with Gasteiger partial charge in [0, 0.05) is 19.2 Å². The van der Waals surface area contributed by atoms with Gasteiger partial charge < -0.3 is 10.2 Å². The van der Waals surface area contributed by atoms with Crippen LogP contribution < -0.4 is 10.2 Å². The lowest BCUT2D eigenvalue weighted by Gasteiger charge is -2.21. The van der Waals surface area contributed by atoms with Gasteiger partial charge in [0.2, 0.25) is 0 Å². The maximum absolute atomic E-state index is 12.9. The fourth-order valence-corrected chi connectivity index (χ4v) is 3.60. The molecule has 1 atom stereocenters. The van der Waals surface area contributed by atoms with E-state index in [1.54, 1.807) is 62.5 Å². The Kier molecular flexibility index (Phi) is 6.04. The van der Waals surface area contributed by atoms with E-state index in [-0.39, 0.29) is 17.5 Å². The Hall–Kier alpha value is -3.52. The van der Waals surface area contributed by atoms with Crippen molar-refractivity contribution in [2.45, 2.75) is 13.0 Å². The number of nitro groups is 1. The van der Waals surface area contributed by atoms with Crippen molar-refractivity contribution in [2.75, 3.05) is 11.9 Å². The maximum Gasteiger partial charge on any atom is 0.269 e. The van der Waals surface area contributed by atoms with Crippen LogP contribution in [0, 0.1) is 10.1 Å². The van der Waals surface area contributed by atoms with Crippen molar-refractivity contribution in [1.82, 2.24) is 5.32 Å². The molecule has 1 aromatic heterocycles. The van der Waals surface area contributed by atoms with Crippen molar-refractivity contribution >= 4 is 34.5 Å². The zero-order valence-corrected chi connectivity index (χ0v) is 16.7. The third-order valence-electron chi connectivity index (χ3n) is 4.48. The molecule has 0 saturated carbocycles. The quantitative estimate of drug-likeness (QED) is 0.482. The molecule has 29 heavy (non-hydrogen) atoms. The highest BCUT2D eigenvalue weighted by Crippen LogP contribution is 2.24. The Balaban J connectivity index is 1.82. The molecule has 2 amide bonds. The molecule has 0 aliphatic carbocycles. The molecule has 1 heterocycles. The summed E-state index contributed by atoms with van der Waals surface area (Å²) >= 11 is 1.33. The number of nitro benzene ring substituents is 1. The zero-order chi connectivity index (χ0) is 21.0. The summed E-state index contributed by atoms with van der Waals surface area (Å²) < 4.78 is 0. The highest BCUT2D eigenvalue weighted by Gasteiger charge is 2.21. The van der Waals surface area contributed by atoms with Gasteiger partial charge >= 0.3 is 0 Å². The molecule has 1 N–H and O–H groups in total. The molecule has 0 aliphatic heterocycles.